The number of amides is 1. The number of nitrogens with one attached hydrogen (secondary N) is 3. The van der Waals surface area contributed by atoms with Crippen LogP contribution in [0.5, 0.6) is 5.75 Å². The molecule has 0 fully saturated rings. The normalized spacial score (nSPS) is 10.6. The molecule has 0 spiro atoms. The minimum absolute atomic E-state index is 0. The van der Waals surface area contributed by atoms with Gasteiger partial charge in [0.25, 0.3) is 0 Å². The fraction of sp³-hybridized carbons (Fsp3) is 0.333. The number of benzene rings is 2. The summed E-state index contributed by atoms with van der Waals surface area (Å²) >= 11 is 0. The Hall–Kier alpha value is -2.49. The van der Waals surface area contributed by atoms with E-state index < -0.39 is 6.09 Å². The van der Waals surface area contributed by atoms with Crippen LogP contribution in [0, 0.1) is 6.92 Å². The zero-order chi connectivity index (χ0) is 20.4. The van der Waals surface area contributed by atoms with Crippen LogP contribution in [0.1, 0.15) is 16.7 Å². The van der Waals surface area contributed by atoms with Gasteiger partial charge in [0.05, 0.1) is 14.2 Å². The maximum atomic E-state index is 11.2. The van der Waals surface area contributed by atoms with Crippen molar-refractivity contribution in [1.82, 2.24) is 10.6 Å². The lowest BCUT2D eigenvalue weighted by Crippen LogP contribution is -2.37. The summed E-state index contributed by atoms with van der Waals surface area (Å²) in [4.78, 5) is 15.4. The second kappa shape index (κ2) is 12.9. The predicted octanol–water partition coefficient (Wildman–Crippen LogP) is 3.71. The van der Waals surface area contributed by atoms with Crippen LogP contribution in [0.3, 0.4) is 0 Å². The molecule has 0 heterocycles. The summed E-state index contributed by atoms with van der Waals surface area (Å²) in [5, 5.41) is 9.21. The highest BCUT2D eigenvalue weighted by atomic mass is 127. The maximum absolute atomic E-state index is 11.2. The van der Waals surface area contributed by atoms with E-state index in [4.69, 9.17) is 4.74 Å². The van der Waals surface area contributed by atoms with E-state index in [0.29, 0.717) is 12.2 Å². The molecule has 2 aromatic rings. The lowest BCUT2D eigenvalue weighted by molar-refractivity contribution is 0.187. The standard InChI is InChI=1S/C21H28N4O3.HI/c1-15-5-6-16(13-19(15)27-3)11-12-23-20(22-2)24-14-17-7-9-18(10-8-17)25-21(26)28-4;/h5-10,13H,11-12,14H2,1-4H3,(H,25,26)(H2,22,23,24);1H. The Labute approximate surface area is 189 Å². The number of carbonyl (C=O) groups is 1. The van der Waals surface area contributed by atoms with Gasteiger partial charge < -0.3 is 20.1 Å². The molecule has 0 aromatic heterocycles. The Kier molecular flexibility index (Phi) is 10.9. The van der Waals surface area contributed by atoms with Crippen molar-refractivity contribution in [3.05, 3.63) is 59.2 Å². The van der Waals surface area contributed by atoms with Crippen LogP contribution >= 0.6 is 24.0 Å². The Morgan fingerprint density at radius 3 is 2.34 bits per heavy atom. The van der Waals surface area contributed by atoms with Gasteiger partial charge >= 0.3 is 6.09 Å². The molecule has 0 saturated carbocycles. The Morgan fingerprint density at radius 2 is 1.72 bits per heavy atom. The van der Waals surface area contributed by atoms with Gasteiger partial charge in [0.2, 0.25) is 0 Å². The minimum Gasteiger partial charge on any atom is -0.496 e. The molecule has 1 amide bonds. The zero-order valence-corrected chi connectivity index (χ0v) is 19.6. The molecule has 3 N–H and O–H groups in total. The lowest BCUT2D eigenvalue weighted by atomic mass is 10.1. The molecular formula is C21H29IN4O3. The number of halogens is 1. The fourth-order valence-electron chi connectivity index (χ4n) is 2.63. The van der Waals surface area contributed by atoms with Crippen LogP contribution in [-0.2, 0) is 17.7 Å². The molecule has 29 heavy (non-hydrogen) atoms. The van der Waals surface area contributed by atoms with Crippen molar-refractivity contribution in [2.24, 2.45) is 4.99 Å². The summed E-state index contributed by atoms with van der Waals surface area (Å²) in [5.41, 5.74) is 4.09. The van der Waals surface area contributed by atoms with Crippen LogP contribution in [0.2, 0.25) is 0 Å². The van der Waals surface area contributed by atoms with Crippen LogP contribution in [-0.4, -0.2) is 39.9 Å². The summed E-state index contributed by atoms with van der Waals surface area (Å²) in [7, 11) is 4.77. The number of aryl methyl sites for hydroxylation is 1. The highest BCUT2D eigenvalue weighted by Crippen LogP contribution is 2.19. The third-order valence-electron chi connectivity index (χ3n) is 4.25. The fourth-order valence-corrected chi connectivity index (χ4v) is 2.63. The monoisotopic (exact) mass is 512 g/mol. The Bertz CT molecular complexity index is 810. The summed E-state index contributed by atoms with van der Waals surface area (Å²) in [6.45, 7) is 3.41. The maximum Gasteiger partial charge on any atom is 0.411 e. The first-order chi connectivity index (χ1) is 13.5. The lowest BCUT2D eigenvalue weighted by Gasteiger charge is -2.13. The first kappa shape index (κ1) is 24.5. The molecule has 158 valence electrons. The van der Waals surface area contributed by atoms with Gasteiger partial charge in [-0.05, 0) is 48.2 Å². The van der Waals surface area contributed by atoms with E-state index >= 15 is 0 Å². The van der Waals surface area contributed by atoms with Crippen LogP contribution in [0.25, 0.3) is 0 Å². The molecular weight excluding hydrogens is 483 g/mol. The molecule has 0 atom stereocenters. The molecule has 2 aromatic carbocycles. The van der Waals surface area contributed by atoms with Crippen LogP contribution in [0.15, 0.2) is 47.5 Å². The van der Waals surface area contributed by atoms with Gasteiger partial charge in [-0.1, -0.05) is 24.3 Å². The Balaban J connectivity index is 0.00000420. The number of aliphatic imine (C=N–C) groups is 1. The van der Waals surface area contributed by atoms with Crippen molar-refractivity contribution < 1.29 is 14.3 Å². The molecule has 8 heteroatoms. The van der Waals surface area contributed by atoms with Crippen molar-refractivity contribution >= 4 is 41.7 Å². The number of nitrogens with zero attached hydrogens (tertiary/aromatic N) is 1. The number of ether oxygens (including phenoxy) is 2. The number of rotatable bonds is 7. The number of carbonyl (C=O) groups excluding carboxylic acids is 1. The third kappa shape index (κ3) is 8.18. The molecule has 0 aliphatic heterocycles. The van der Waals surface area contributed by atoms with Crippen molar-refractivity contribution in [3.63, 3.8) is 0 Å². The molecule has 2 rings (SSSR count). The number of hydrogen-bond donors (Lipinski definition) is 3. The topological polar surface area (TPSA) is 84.0 Å². The van der Waals surface area contributed by atoms with Crippen molar-refractivity contribution in [3.8, 4) is 5.75 Å². The van der Waals surface area contributed by atoms with Gasteiger partial charge in [-0.25, -0.2) is 4.79 Å². The number of methoxy groups -OCH3 is 2. The van der Waals surface area contributed by atoms with Gasteiger partial charge in [0.15, 0.2) is 5.96 Å². The first-order valence-corrected chi connectivity index (χ1v) is 9.07. The van der Waals surface area contributed by atoms with Gasteiger partial charge in [0, 0.05) is 25.8 Å². The summed E-state index contributed by atoms with van der Waals surface area (Å²) in [6, 6.07) is 13.8. The zero-order valence-electron chi connectivity index (χ0n) is 17.2. The van der Waals surface area contributed by atoms with Gasteiger partial charge in [-0.3, -0.25) is 10.3 Å². The summed E-state index contributed by atoms with van der Waals surface area (Å²) in [6.07, 6.45) is 0.382. The van der Waals surface area contributed by atoms with Gasteiger partial charge in [-0.2, -0.15) is 0 Å². The average Bonchev–Trinajstić information content (AvgIpc) is 2.72. The highest BCUT2D eigenvalue weighted by molar-refractivity contribution is 14.0. The molecule has 0 radical (unpaired) electrons. The molecule has 0 unspecified atom stereocenters. The van der Waals surface area contributed by atoms with E-state index in [2.05, 4.69) is 43.9 Å². The minimum atomic E-state index is -0.485. The highest BCUT2D eigenvalue weighted by Gasteiger charge is 2.03. The quantitative estimate of drug-likeness (QED) is 0.300. The molecule has 0 bridgehead atoms. The van der Waals surface area contributed by atoms with Gasteiger partial charge in [-0.15, -0.1) is 24.0 Å². The summed E-state index contributed by atoms with van der Waals surface area (Å²) in [5.74, 6) is 1.64. The van der Waals surface area contributed by atoms with E-state index in [-0.39, 0.29) is 24.0 Å². The van der Waals surface area contributed by atoms with E-state index in [0.717, 1.165) is 35.8 Å². The number of hydrogen-bond acceptors (Lipinski definition) is 4. The average molecular weight is 512 g/mol. The smallest absolute Gasteiger partial charge is 0.411 e. The van der Waals surface area contributed by atoms with Crippen LogP contribution < -0.4 is 20.7 Å². The van der Waals surface area contributed by atoms with E-state index in [1.165, 1.54) is 12.7 Å². The molecule has 0 aliphatic rings. The van der Waals surface area contributed by atoms with E-state index in [9.17, 15) is 4.79 Å². The van der Waals surface area contributed by atoms with Crippen molar-refractivity contribution in [2.45, 2.75) is 19.9 Å². The predicted molar refractivity (Wildman–Crippen MR) is 128 cm³/mol. The number of anilines is 1. The van der Waals surface area contributed by atoms with Crippen molar-refractivity contribution in [1.29, 1.82) is 0 Å². The van der Waals surface area contributed by atoms with E-state index in [1.807, 2.05) is 31.2 Å². The second-order valence-electron chi connectivity index (χ2n) is 6.22. The summed E-state index contributed by atoms with van der Waals surface area (Å²) < 4.78 is 9.94. The van der Waals surface area contributed by atoms with Crippen molar-refractivity contribution in [2.75, 3.05) is 33.1 Å². The first-order valence-electron chi connectivity index (χ1n) is 9.07. The molecule has 0 aliphatic carbocycles. The number of guanidine groups is 1. The SMILES string of the molecule is CN=C(NCCc1ccc(C)c(OC)c1)NCc1ccc(NC(=O)OC)cc1.I. The van der Waals surface area contributed by atoms with Gasteiger partial charge in [0.1, 0.15) is 5.75 Å². The molecule has 0 saturated heterocycles. The van der Waals surface area contributed by atoms with Crippen LogP contribution in [0.4, 0.5) is 10.5 Å². The third-order valence-corrected chi connectivity index (χ3v) is 4.25. The Morgan fingerprint density at radius 1 is 1.03 bits per heavy atom. The van der Waals surface area contributed by atoms with E-state index in [1.54, 1.807) is 14.2 Å². The second-order valence-corrected chi connectivity index (χ2v) is 6.22. The largest absolute Gasteiger partial charge is 0.496 e. The molecule has 7 nitrogen and oxygen atoms in total.